The first-order valence-electron chi connectivity index (χ1n) is 6.79. The third-order valence-corrected chi connectivity index (χ3v) is 3.07. The molecule has 0 radical (unpaired) electrons. The summed E-state index contributed by atoms with van der Waals surface area (Å²) in [5, 5.41) is 2.85. The Hall–Kier alpha value is -2.35. The van der Waals surface area contributed by atoms with E-state index in [0.717, 1.165) is 11.3 Å². The number of hydrogen-bond donors (Lipinski definition) is 1. The maximum atomic E-state index is 11.8. The van der Waals surface area contributed by atoms with Crippen molar-refractivity contribution in [2.24, 2.45) is 0 Å². The molecule has 0 saturated heterocycles. The van der Waals surface area contributed by atoms with Crippen molar-refractivity contribution >= 4 is 17.7 Å². The lowest BCUT2D eigenvalue weighted by Gasteiger charge is -2.07. The van der Waals surface area contributed by atoms with Gasteiger partial charge in [-0.2, -0.15) is 0 Å². The minimum absolute atomic E-state index is 0.119. The molecular formula is C18H19NO. The lowest BCUT2D eigenvalue weighted by Crippen LogP contribution is -2.07. The molecule has 0 aliphatic rings. The van der Waals surface area contributed by atoms with Gasteiger partial charge in [0.15, 0.2) is 0 Å². The van der Waals surface area contributed by atoms with Crippen molar-refractivity contribution in [2.45, 2.75) is 19.8 Å². The summed E-state index contributed by atoms with van der Waals surface area (Å²) >= 11 is 0. The average Bonchev–Trinajstić information content (AvgIpc) is 2.47. The summed E-state index contributed by atoms with van der Waals surface area (Å²) in [6, 6.07) is 17.7. The first-order chi connectivity index (χ1) is 9.65. The summed E-state index contributed by atoms with van der Waals surface area (Å²) < 4.78 is 0. The molecule has 0 bridgehead atoms. The summed E-state index contributed by atoms with van der Waals surface area (Å²) in [6.45, 7) is 4.30. The van der Waals surface area contributed by atoms with Gasteiger partial charge in [-0.3, -0.25) is 4.79 Å². The number of carbonyl (C=O) groups excluding carboxylic acids is 1. The molecule has 102 valence electrons. The zero-order valence-electron chi connectivity index (χ0n) is 11.8. The normalized spacial score (nSPS) is 10.9. The van der Waals surface area contributed by atoms with E-state index in [1.165, 1.54) is 5.56 Å². The minimum Gasteiger partial charge on any atom is -0.323 e. The molecule has 1 amide bonds. The standard InChI is InChI=1S/C18H19NO/c1-14(2)16-9-11-17(12-10-16)19-18(20)13-8-15-6-4-3-5-7-15/h3-14H,1-2H3,(H,19,20). The van der Waals surface area contributed by atoms with Crippen molar-refractivity contribution in [1.82, 2.24) is 0 Å². The van der Waals surface area contributed by atoms with Crippen molar-refractivity contribution in [2.75, 3.05) is 5.32 Å². The molecule has 2 aromatic rings. The molecule has 2 nitrogen and oxygen atoms in total. The molecule has 0 aromatic heterocycles. The average molecular weight is 265 g/mol. The Bertz CT molecular complexity index is 583. The van der Waals surface area contributed by atoms with Crippen LogP contribution < -0.4 is 5.32 Å². The maximum Gasteiger partial charge on any atom is 0.248 e. The topological polar surface area (TPSA) is 29.1 Å². The molecule has 2 aromatic carbocycles. The Morgan fingerprint density at radius 3 is 2.25 bits per heavy atom. The second-order valence-electron chi connectivity index (χ2n) is 5.01. The van der Waals surface area contributed by atoms with Gasteiger partial charge in [0.25, 0.3) is 0 Å². The highest BCUT2D eigenvalue weighted by Crippen LogP contribution is 2.17. The van der Waals surface area contributed by atoms with Gasteiger partial charge in [0, 0.05) is 11.8 Å². The number of benzene rings is 2. The molecule has 20 heavy (non-hydrogen) atoms. The molecular weight excluding hydrogens is 246 g/mol. The van der Waals surface area contributed by atoms with Crippen LogP contribution in [0.15, 0.2) is 60.7 Å². The number of nitrogens with one attached hydrogen (secondary N) is 1. The van der Waals surface area contributed by atoms with Crippen LogP contribution in [-0.2, 0) is 4.79 Å². The first-order valence-corrected chi connectivity index (χ1v) is 6.79. The second-order valence-corrected chi connectivity index (χ2v) is 5.01. The lowest BCUT2D eigenvalue weighted by atomic mass is 10.0. The van der Waals surface area contributed by atoms with E-state index >= 15 is 0 Å². The minimum atomic E-state index is -0.119. The van der Waals surface area contributed by atoms with Crippen molar-refractivity contribution in [3.63, 3.8) is 0 Å². The van der Waals surface area contributed by atoms with Crippen LogP contribution in [0, 0.1) is 0 Å². The van der Waals surface area contributed by atoms with E-state index in [1.807, 2.05) is 54.6 Å². The molecule has 0 fully saturated rings. The number of hydrogen-bond acceptors (Lipinski definition) is 1. The fourth-order valence-electron chi connectivity index (χ4n) is 1.87. The van der Waals surface area contributed by atoms with Crippen molar-refractivity contribution in [3.8, 4) is 0 Å². The predicted octanol–water partition coefficient (Wildman–Crippen LogP) is 4.46. The van der Waals surface area contributed by atoms with Crippen LogP contribution >= 0.6 is 0 Å². The molecule has 0 heterocycles. The first kappa shape index (κ1) is 14.1. The van der Waals surface area contributed by atoms with Gasteiger partial charge < -0.3 is 5.32 Å². The third-order valence-electron chi connectivity index (χ3n) is 3.07. The van der Waals surface area contributed by atoms with Crippen LogP contribution in [0.25, 0.3) is 6.08 Å². The van der Waals surface area contributed by atoms with Gasteiger partial charge in [-0.1, -0.05) is 56.3 Å². The highest BCUT2D eigenvalue weighted by Gasteiger charge is 2.00. The van der Waals surface area contributed by atoms with Crippen molar-refractivity contribution in [1.29, 1.82) is 0 Å². The molecule has 0 aliphatic carbocycles. The SMILES string of the molecule is CC(C)c1ccc(NC(=O)C=Cc2ccccc2)cc1. The number of anilines is 1. The van der Waals surface area contributed by atoms with Gasteiger partial charge >= 0.3 is 0 Å². The zero-order chi connectivity index (χ0) is 14.4. The fourth-order valence-corrected chi connectivity index (χ4v) is 1.87. The van der Waals surface area contributed by atoms with E-state index in [-0.39, 0.29) is 5.91 Å². The second kappa shape index (κ2) is 6.71. The number of rotatable bonds is 4. The van der Waals surface area contributed by atoms with Gasteiger partial charge in [-0.05, 0) is 35.3 Å². The third kappa shape index (κ3) is 4.09. The number of amides is 1. The zero-order valence-corrected chi connectivity index (χ0v) is 11.8. The highest BCUT2D eigenvalue weighted by atomic mass is 16.1. The fraction of sp³-hybridized carbons (Fsp3) is 0.167. The maximum absolute atomic E-state index is 11.8. The van der Waals surface area contributed by atoms with Gasteiger partial charge in [0.05, 0.1) is 0 Å². The molecule has 2 rings (SSSR count). The van der Waals surface area contributed by atoms with Crippen LogP contribution in [-0.4, -0.2) is 5.91 Å². The molecule has 0 aliphatic heterocycles. The molecule has 0 atom stereocenters. The summed E-state index contributed by atoms with van der Waals surface area (Å²) in [5.74, 6) is 0.379. The van der Waals surface area contributed by atoms with Crippen LogP contribution in [0.4, 0.5) is 5.69 Å². The molecule has 0 spiro atoms. The van der Waals surface area contributed by atoms with Crippen LogP contribution in [0.3, 0.4) is 0 Å². The Kier molecular flexibility index (Phi) is 4.72. The molecule has 0 saturated carbocycles. The lowest BCUT2D eigenvalue weighted by molar-refractivity contribution is -0.111. The quantitative estimate of drug-likeness (QED) is 0.812. The largest absolute Gasteiger partial charge is 0.323 e. The van der Waals surface area contributed by atoms with E-state index in [1.54, 1.807) is 12.2 Å². The molecule has 1 N–H and O–H groups in total. The predicted molar refractivity (Wildman–Crippen MR) is 84.6 cm³/mol. The molecule has 0 unspecified atom stereocenters. The Morgan fingerprint density at radius 2 is 1.65 bits per heavy atom. The monoisotopic (exact) mass is 265 g/mol. The van der Waals surface area contributed by atoms with E-state index in [4.69, 9.17) is 0 Å². The van der Waals surface area contributed by atoms with Gasteiger partial charge in [-0.25, -0.2) is 0 Å². The van der Waals surface area contributed by atoms with E-state index in [0.29, 0.717) is 5.92 Å². The van der Waals surface area contributed by atoms with Gasteiger partial charge in [-0.15, -0.1) is 0 Å². The van der Waals surface area contributed by atoms with Crippen LogP contribution in [0.1, 0.15) is 30.9 Å². The Labute approximate surface area is 120 Å². The van der Waals surface area contributed by atoms with Crippen molar-refractivity contribution < 1.29 is 4.79 Å². The van der Waals surface area contributed by atoms with E-state index in [9.17, 15) is 4.79 Å². The Balaban J connectivity index is 1.96. The molecule has 2 heteroatoms. The van der Waals surface area contributed by atoms with E-state index in [2.05, 4.69) is 19.2 Å². The summed E-state index contributed by atoms with van der Waals surface area (Å²) in [4.78, 5) is 11.8. The van der Waals surface area contributed by atoms with Crippen LogP contribution in [0.2, 0.25) is 0 Å². The Morgan fingerprint density at radius 1 is 1.00 bits per heavy atom. The van der Waals surface area contributed by atoms with Crippen molar-refractivity contribution in [3.05, 3.63) is 71.8 Å². The van der Waals surface area contributed by atoms with Crippen LogP contribution in [0.5, 0.6) is 0 Å². The highest BCUT2D eigenvalue weighted by molar-refractivity contribution is 6.01. The van der Waals surface area contributed by atoms with Gasteiger partial charge in [0.1, 0.15) is 0 Å². The summed E-state index contributed by atoms with van der Waals surface area (Å²) in [5.41, 5.74) is 3.10. The van der Waals surface area contributed by atoms with E-state index < -0.39 is 0 Å². The summed E-state index contributed by atoms with van der Waals surface area (Å²) in [7, 11) is 0. The summed E-state index contributed by atoms with van der Waals surface area (Å²) in [6.07, 6.45) is 3.35. The smallest absolute Gasteiger partial charge is 0.248 e. The number of carbonyl (C=O) groups is 1. The van der Waals surface area contributed by atoms with Gasteiger partial charge in [0.2, 0.25) is 5.91 Å².